The van der Waals surface area contributed by atoms with Crippen LogP contribution in [-0.4, -0.2) is 15.6 Å². The van der Waals surface area contributed by atoms with E-state index < -0.39 is 0 Å². The third-order valence-corrected chi connectivity index (χ3v) is 6.51. The van der Waals surface area contributed by atoms with E-state index in [9.17, 15) is 0 Å². The lowest BCUT2D eigenvalue weighted by molar-refractivity contribution is 0.525. The molecule has 1 N–H and O–H groups in total. The van der Waals surface area contributed by atoms with Crippen LogP contribution < -0.4 is 5.32 Å². The summed E-state index contributed by atoms with van der Waals surface area (Å²) in [5, 5.41) is 14.2. The molecule has 2 aromatic carbocycles. The Labute approximate surface area is 199 Å². The number of hydrogen-bond donors (Lipinski definition) is 1. The number of benzene rings is 2. The van der Waals surface area contributed by atoms with Crippen LogP contribution in [0.15, 0.2) is 66.6 Å². The van der Waals surface area contributed by atoms with Gasteiger partial charge in [-0.05, 0) is 67.1 Å². The molecular formula is C26H26Cl2N4. The number of rotatable bonds is 7. The molecule has 1 aliphatic carbocycles. The van der Waals surface area contributed by atoms with Gasteiger partial charge in [-0.25, -0.2) is 4.98 Å². The van der Waals surface area contributed by atoms with Crippen molar-refractivity contribution in [2.24, 2.45) is 0 Å². The summed E-state index contributed by atoms with van der Waals surface area (Å²) in [5.74, 6) is 0. The van der Waals surface area contributed by atoms with E-state index in [1.54, 1.807) is 0 Å². The molecule has 0 saturated heterocycles. The molecule has 32 heavy (non-hydrogen) atoms. The Balaban J connectivity index is 1.40. The first-order valence-corrected chi connectivity index (χ1v) is 11.7. The number of nitrogens with one attached hydrogen (secondary N) is 1. The smallest absolute Gasteiger partial charge is 0.0991 e. The molecular weight excluding hydrogens is 439 g/mol. The molecule has 0 aliphatic heterocycles. The molecule has 1 atom stereocenters. The minimum absolute atomic E-state index is 0.323. The van der Waals surface area contributed by atoms with Crippen LogP contribution in [0.2, 0.25) is 10.0 Å². The Morgan fingerprint density at radius 3 is 2.78 bits per heavy atom. The lowest BCUT2D eigenvalue weighted by atomic mass is 10.0. The molecule has 0 fully saturated rings. The van der Waals surface area contributed by atoms with Crippen LogP contribution in [0.25, 0.3) is 0 Å². The highest BCUT2D eigenvalue weighted by atomic mass is 35.5. The average Bonchev–Trinajstić information content (AvgIpc) is 3.11. The largest absolute Gasteiger partial charge is 0.329 e. The molecule has 1 unspecified atom stereocenters. The Morgan fingerprint density at radius 2 is 1.97 bits per heavy atom. The molecule has 4 rings (SSSR count). The maximum Gasteiger partial charge on any atom is 0.0991 e. The molecule has 0 radical (unpaired) electrons. The van der Waals surface area contributed by atoms with E-state index in [2.05, 4.69) is 27.0 Å². The maximum absolute atomic E-state index is 8.98. The zero-order valence-electron chi connectivity index (χ0n) is 17.9. The van der Waals surface area contributed by atoms with Crippen molar-refractivity contribution < 1.29 is 0 Å². The summed E-state index contributed by atoms with van der Waals surface area (Å²) in [6.45, 7) is 1.49. The van der Waals surface area contributed by atoms with Gasteiger partial charge in [-0.1, -0.05) is 53.4 Å². The molecule has 1 aromatic heterocycles. The normalized spacial score (nSPS) is 16.3. The summed E-state index contributed by atoms with van der Waals surface area (Å²) < 4.78 is 2.15. The van der Waals surface area contributed by atoms with E-state index in [4.69, 9.17) is 28.5 Å². The van der Waals surface area contributed by atoms with Crippen molar-refractivity contribution in [3.63, 3.8) is 0 Å². The van der Waals surface area contributed by atoms with Crippen LogP contribution >= 0.6 is 23.2 Å². The van der Waals surface area contributed by atoms with Crippen molar-refractivity contribution in [1.29, 1.82) is 5.26 Å². The molecule has 3 aromatic rings. The molecule has 0 amide bonds. The molecule has 1 aliphatic rings. The number of nitriles is 1. The van der Waals surface area contributed by atoms with Crippen molar-refractivity contribution in [1.82, 2.24) is 14.9 Å². The SMILES string of the molecule is N#Cc1ccc(Cn2cncc2CNC2C=C(Cc3cc(Cl)ccc3Cl)CCCC2)cc1. The topological polar surface area (TPSA) is 53.6 Å². The third kappa shape index (κ3) is 6.01. The van der Waals surface area contributed by atoms with E-state index >= 15 is 0 Å². The molecule has 4 nitrogen and oxygen atoms in total. The van der Waals surface area contributed by atoms with E-state index in [0.29, 0.717) is 11.6 Å². The molecule has 1 heterocycles. The van der Waals surface area contributed by atoms with Crippen LogP contribution in [0.4, 0.5) is 0 Å². The molecule has 6 heteroatoms. The number of nitrogens with zero attached hydrogens (tertiary/aromatic N) is 3. The summed E-state index contributed by atoms with van der Waals surface area (Å²) in [6, 6.07) is 15.9. The lowest BCUT2D eigenvalue weighted by Crippen LogP contribution is -2.27. The van der Waals surface area contributed by atoms with Gasteiger partial charge in [0.15, 0.2) is 0 Å². The van der Waals surface area contributed by atoms with Crippen molar-refractivity contribution in [3.05, 3.63) is 99.1 Å². The number of imidazole rings is 1. The number of aromatic nitrogens is 2. The Hall–Kier alpha value is -2.58. The van der Waals surface area contributed by atoms with Crippen LogP contribution in [0.5, 0.6) is 0 Å². The van der Waals surface area contributed by atoms with Gasteiger partial charge >= 0.3 is 0 Å². The summed E-state index contributed by atoms with van der Waals surface area (Å²) in [7, 11) is 0. The van der Waals surface area contributed by atoms with Crippen molar-refractivity contribution >= 4 is 23.2 Å². The lowest BCUT2D eigenvalue weighted by Gasteiger charge is -2.16. The van der Waals surface area contributed by atoms with E-state index in [0.717, 1.165) is 59.2 Å². The van der Waals surface area contributed by atoms with E-state index in [1.807, 2.05) is 55.0 Å². The minimum atomic E-state index is 0.323. The zero-order valence-corrected chi connectivity index (χ0v) is 19.4. The highest BCUT2D eigenvalue weighted by molar-refractivity contribution is 6.33. The van der Waals surface area contributed by atoms with Crippen LogP contribution in [0.1, 0.15) is 48.1 Å². The van der Waals surface area contributed by atoms with Gasteiger partial charge in [0.1, 0.15) is 0 Å². The third-order valence-electron chi connectivity index (χ3n) is 5.91. The predicted octanol–water partition coefficient (Wildman–Crippen LogP) is 6.31. The van der Waals surface area contributed by atoms with Gasteiger partial charge in [0.2, 0.25) is 0 Å². The van der Waals surface area contributed by atoms with Gasteiger partial charge < -0.3 is 9.88 Å². The number of halogens is 2. The fourth-order valence-corrected chi connectivity index (χ4v) is 4.53. The first-order valence-electron chi connectivity index (χ1n) is 11.0. The highest BCUT2D eigenvalue weighted by Crippen LogP contribution is 2.27. The molecule has 0 spiro atoms. The quantitative estimate of drug-likeness (QED) is 0.416. The second kappa shape index (κ2) is 10.8. The predicted molar refractivity (Wildman–Crippen MR) is 130 cm³/mol. The fourth-order valence-electron chi connectivity index (χ4n) is 4.15. The van der Waals surface area contributed by atoms with Gasteiger partial charge in [-0.2, -0.15) is 5.26 Å². The summed E-state index contributed by atoms with van der Waals surface area (Å²) in [6.07, 6.45) is 11.6. The zero-order chi connectivity index (χ0) is 22.3. The Bertz CT molecular complexity index is 1130. The second-order valence-electron chi connectivity index (χ2n) is 8.29. The monoisotopic (exact) mass is 464 g/mol. The summed E-state index contributed by atoms with van der Waals surface area (Å²) in [4.78, 5) is 4.35. The van der Waals surface area contributed by atoms with Crippen molar-refractivity contribution in [2.45, 2.75) is 51.2 Å². The molecule has 164 valence electrons. The van der Waals surface area contributed by atoms with Crippen LogP contribution in [0.3, 0.4) is 0 Å². The van der Waals surface area contributed by atoms with Gasteiger partial charge in [-0.15, -0.1) is 0 Å². The molecule has 0 saturated carbocycles. The van der Waals surface area contributed by atoms with Crippen molar-refractivity contribution in [3.8, 4) is 6.07 Å². The first kappa shape index (κ1) is 22.6. The van der Waals surface area contributed by atoms with Crippen molar-refractivity contribution in [2.75, 3.05) is 0 Å². The van der Waals surface area contributed by atoms with Gasteiger partial charge in [-0.3, -0.25) is 0 Å². The number of hydrogen-bond acceptors (Lipinski definition) is 3. The molecule has 0 bridgehead atoms. The fraction of sp³-hybridized carbons (Fsp3) is 0.308. The maximum atomic E-state index is 8.98. The van der Waals surface area contributed by atoms with E-state index in [1.165, 1.54) is 18.4 Å². The number of allylic oxidation sites excluding steroid dienone is 1. The van der Waals surface area contributed by atoms with Gasteiger partial charge in [0.05, 0.1) is 23.7 Å². The Kier molecular flexibility index (Phi) is 7.65. The Morgan fingerprint density at radius 1 is 1.12 bits per heavy atom. The van der Waals surface area contributed by atoms with Gasteiger partial charge in [0, 0.05) is 35.4 Å². The minimum Gasteiger partial charge on any atom is -0.329 e. The average molecular weight is 465 g/mol. The van der Waals surface area contributed by atoms with Gasteiger partial charge in [0.25, 0.3) is 0 Å². The van der Waals surface area contributed by atoms with E-state index in [-0.39, 0.29) is 0 Å². The summed E-state index contributed by atoms with van der Waals surface area (Å²) in [5.41, 5.74) is 5.47. The highest BCUT2D eigenvalue weighted by Gasteiger charge is 2.14. The van der Waals surface area contributed by atoms with Crippen LogP contribution in [-0.2, 0) is 19.5 Å². The summed E-state index contributed by atoms with van der Waals surface area (Å²) >= 11 is 12.6. The second-order valence-corrected chi connectivity index (χ2v) is 9.14. The first-order chi connectivity index (χ1) is 15.6. The van der Waals surface area contributed by atoms with Crippen LogP contribution in [0, 0.1) is 11.3 Å². The standard InChI is InChI=1S/C26H26Cl2N4/c27-23-9-10-26(28)22(13-23)11-21-3-1-2-4-24(12-21)31-16-25-15-30-18-32(25)17-20-7-5-19(14-29)6-8-20/h5-10,12-13,15,18,24,31H,1-4,11,16-17H2.